The van der Waals surface area contributed by atoms with Crippen LogP contribution in [0.3, 0.4) is 0 Å². The predicted molar refractivity (Wildman–Crippen MR) is 79.1 cm³/mol. The first-order chi connectivity index (χ1) is 10.9. The molecule has 0 aromatic heterocycles. The van der Waals surface area contributed by atoms with Crippen molar-refractivity contribution in [2.45, 2.75) is 19.3 Å². The van der Waals surface area contributed by atoms with Gasteiger partial charge in [0.2, 0.25) is 5.91 Å². The second-order valence-electron chi connectivity index (χ2n) is 6.16. The van der Waals surface area contributed by atoms with E-state index in [4.69, 9.17) is 21.5 Å². The van der Waals surface area contributed by atoms with Crippen LogP contribution in [0.1, 0.15) is 19.3 Å². The minimum atomic E-state index is -0.648. The molecule has 3 aliphatic carbocycles. The van der Waals surface area contributed by atoms with E-state index >= 15 is 0 Å². The van der Waals surface area contributed by atoms with Crippen molar-refractivity contribution in [3.8, 4) is 5.75 Å². The molecule has 1 aromatic carbocycles. The van der Waals surface area contributed by atoms with Crippen molar-refractivity contribution in [2.75, 3.05) is 6.61 Å². The lowest BCUT2D eigenvalue weighted by atomic mass is 9.35. The largest absolute Gasteiger partial charge is 0.484 e. The highest BCUT2D eigenvalue weighted by atomic mass is 35.5. The highest BCUT2D eigenvalue weighted by Gasteiger charge is 2.71. The van der Waals surface area contributed by atoms with E-state index in [1.807, 2.05) is 0 Å². The maximum atomic E-state index is 13.2. The Morgan fingerprint density at radius 3 is 2.74 bits per heavy atom. The van der Waals surface area contributed by atoms with E-state index < -0.39 is 23.7 Å². The van der Waals surface area contributed by atoms with E-state index in [-0.39, 0.29) is 22.1 Å². The summed E-state index contributed by atoms with van der Waals surface area (Å²) in [7, 11) is 0. The van der Waals surface area contributed by atoms with Crippen LogP contribution in [-0.4, -0.2) is 29.8 Å². The van der Waals surface area contributed by atoms with E-state index in [0.717, 1.165) is 6.07 Å². The topological polar surface area (TPSA) is 88.0 Å². The van der Waals surface area contributed by atoms with Gasteiger partial charge >= 0.3 is 0 Å². The molecule has 4 rings (SSSR count). The Morgan fingerprint density at radius 1 is 1.43 bits per heavy atom. The van der Waals surface area contributed by atoms with Crippen LogP contribution < -0.4 is 10.1 Å². The Labute approximate surface area is 136 Å². The number of hydrogen-bond donors (Lipinski definition) is 2. The lowest BCUT2D eigenvalue weighted by Gasteiger charge is -2.67. The molecule has 0 aliphatic heterocycles. The Balaban J connectivity index is 1.47. The number of ether oxygens (including phenoxy) is 1. The van der Waals surface area contributed by atoms with E-state index in [2.05, 4.69) is 10.5 Å². The first kappa shape index (κ1) is 15.7. The summed E-state index contributed by atoms with van der Waals surface area (Å²) in [6.45, 7) is -0.397. The number of rotatable bonds is 5. The van der Waals surface area contributed by atoms with Gasteiger partial charge in [-0.25, -0.2) is 4.39 Å². The fourth-order valence-electron chi connectivity index (χ4n) is 3.38. The maximum absolute atomic E-state index is 13.2. The quantitative estimate of drug-likeness (QED) is 0.488. The molecule has 3 saturated carbocycles. The van der Waals surface area contributed by atoms with Crippen molar-refractivity contribution in [3.05, 3.63) is 29.0 Å². The molecule has 0 saturated heterocycles. The Hall–Kier alpha value is -2.15. The van der Waals surface area contributed by atoms with Crippen molar-refractivity contribution >= 4 is 29.6 Å². The Morgan fingerprint density at radius 2 is 2.13 bits per heavy atom. The molecule has 0 spiro atoms. The molecule has 3 aliphatic rings. The molecular formula is C15H14ClFN2O4. The molecule has 3 fully saturated rings. The zero-order valence-corrected chi connectivity index (χ0v) is 12.8. The summed E-state index contributed by atoms with van der Waals surface area (Å²) >= 11 is 5.54. The molecule has 0 radical (unpaired) electrons. The summed E-state index contributed by atoms with van der Waals surface area (Å²) in [4.78, 5) is 23.8. The standard InChI is InChI=1S/C15H14ClFN2O4/c16-10-2-1-9(3-11(10)17)23-4-12(20)19-13(21)15-5-14(6-15,7-15)8-18-22/h1-3,8,22H,4-7H2,(H,19,20,21)/b18-8+. The third-order valence-corrected chi connectivity index (χ3v) is 4.71. The van der Waals surface area contributed by atoms with Gasteiger partial charge < -0.3 is 9.94 Å². The number of nitrogens with zero attached hydrogens (tertiary/aromatic N) is 1. The molecule has 8 heteroatoms. The molecule has 0 heterocycles. The van der Waals surface area contributed by atoms with Gasteiger partial charge in [0.05, 0.1) is 10.4 Å². The zero-order chi connectivity index (χ0) is 16.7. The smallest absolute Gasteiger partial charge is 0.264 e. The summed E-state index contributed by atoms with van der Waals surface area (Å²) in [6.07, 6.45) is 3.17. The molecule has 122 valence electrons. The minimum absolute atomic E-state index is 0.0408. The van der Waals surface area contributed by atoms with Gasteiger partial charge in [0, 0.05) is 17.7 Å². The molecule has 2 N–H and O–H groups in total. The van der Waals surface area contributed by atoms with Crippen LogP contribution in [0.15, 0.2) is 23.4 Å². The summed E-state index contributed by atoms with van der Waals surface area (Å²) in [6, 6.07) is 3.81. The van der Waals surface area contributed by atoms with Crippen LogP contribution in [0, 0.1) is 16.6 Å². The number of oxime groups is 1. The number of imide groups is 1. The third-order valence-electron chi connectivity index (χ3n) is 4.40. The molecule has 1 aromatic rings. The first-order valence-electron chi connectivity index (χ1n) is 6.99. The molecular weight excluding hydrogens is 327 g/mol. The lowest BCUT2D eigenvalue weighted by molar-refractivity contribution is -0.180. The van der Waals surface area contributed by atoms with Gasteiger partial charge in [-0.3, -0.25) is 14.9 Å². The van der Waals surface area contributed by atoms with E-state index in [1.165, 1.54) is 18.3 Å². The number of benzene rings is 1. The van der Waals surface area contributed by atoms with Gasteiger partial charge in [0.1, 0.15) is 11.6 Å². The van der Waals surface area contributed by atoms with Crippen LogP contribution in [0.2, 0.25) is 5.02 Å². The van der Waals surface area contributed by atoms with Gasteiger partial charge in [-0.05, 0) is 31.4 Å². The first-order valence-corrected chi connectivity index (χ1v) is 7.37. The molecule has 23 heavy (non-hydrogen) atoms. The van der Waals surface area contributed by atoms with Gasteiger partial charge in [0.25, 0.3) is 5.91 Å². The third kappa shape index (κ3) is 2.76. The van der Waals surface area contributed by atoms with Gasteiger partial charge in [-0.15, -0.1) is 5.16 Å². The molecule has 0 atom stereocenters. The van der Waals surface area contributed by atoms with E-state index in [1.54, 1.807) is 0 Å². The molecule has 2 amide bonds. The normalized spacial score (nSPS) is 27.9. The van der Waals surface area contributed by atoms with Crippen LogP contribution in [0.5, 0.6) is 5.75 Å². The number of carbonyl (C=O) groups excluding carboxylic acids is 2. The van der Waals surface area contributed by atoms with E-state index in [0.29, 0.717) is 19.3 Å². The fourth-order valence-corrected chi connectivity index (χ4v) is 3.50. The van der Waals surface area contributed by atoms with Gasteiger partial charge in [0.15, 0.2) is 6.61 Å². The molecule has 0 unspecified atom stereocenters. The summed E-state index contributed by atoms with van der Waals surface area (Å²) in [5.41, 5.74) is -0.726. The van der Waals surface area contributed by atoms with Crippen LogP contribution in [0.25, 0.3) is 0 Å². The van der Waals surface area contributed by atoms with Crippen molar-refractivity contribution in [1.29, 1.82) is 0 Å². The van der Waals surface area contributed by atoms with Gasteiger partial charge in [-0.1, -0.05) is 11.6 Å². The number of carbonyl (C=O) groups is 2. The Kier molecular flexibility index (Phi) is 3.75. The highest BCUT2D eigenvalue weighted by molar-refractivity contribution is 6.30. The summed E-state index contributed by atoms with van der Waals surface area (Å²) in [5.74, 6) is -1.44. The summed E-state index contributed by atoms with van der Waals surface area (Å²) in [5, 5.41) is 13.8. The van der Waals surface area contributed by atoms with Crippen molar-refractivity contribution in [2.24, 2.45) is 16.0 Å². The number of amides is 2. The Bertz CT molecular complexity index is 687. The van der Waals surface area contributed by atoms with E-state index in [9.17, 15) is 14.0 Å². The minimum Gasteiger partial charge on any atom is -0.484 e. The molecule has 6 nitrogen and oxygen atoms in total. The number of hydrogen-bond acceptors (Lipinski definition) is 5. The average molecular weight is 341 g/mol. The lowest BCUT2D eigenvalue weighted by Crippen LogP contribution is -2.69. The van der Waals surface area contributed by atoms with Gasteiger partial charge in [-0.2, -0.15) is 0 Å². The average Bonchev–Trinajstić information content (AvgIpc) is 2.42. The molecule has 2 bridgehead atoms. The van der Waals surface area contributed by atoms with Crippen LogP contribution in [-0.2, 0) is 9.59 Å². The SMILES string of the molecule is O=C(COc1ccc(Cl)c(F)c1)NC(=O)C12CC(/C=N/O)(C1)C2. The van der Waals surface area contributed by atoms with Crippen molar-refractivity contribution < 1.29 is 23.9 Å². The second-order valence-corrected chi connectivity index (χ2v) is 6.57. The number of halogens is 2. The number of nitrogens with one attached hydrogen (secondary N) is 1. The second kappa shape index (κ2) is 5.49. The van der Waals surface area contributed by atoms with Crippen LogP contribution >= 0.6 is 11.6 Å². The summed E-state index contributed by atoms with van der Waals surface area (Å²) < 4.78 is 18.4. The van der Waals surface area contributed by atoms with Crippen molar-refractivity contribution in [1.82, 2.24) is 5.32 Å². The van der Waals surface area contributed by atoms with Crippen LogP contribution in [0.4, 0.5) is 4.39 Å². The maximum Gasteiger partial charge on any atom is 0.264 e. The fraction of sp³-hybridized carbons (Fsp3) is 0.400. The highest BCUT2D eigenvalue weighted by Crippen LogP contribution is 2.72. The zero-order valence-electron chi connectivity index (χ0n) is 12.0. The predicted octanol–water partition coefficient (Wildman–Crippen LogP) is 2.13. The van der Waals surface area contributed by atoms with Crippen molar-refractivity contribution in [3.63, 3.8) is 0 Å². The monoisotopic (exact) mass is 340 g/mol.